The number of hydrogen-bond donors (Lipinski definition) is 2. The Balaban J connectivity index is 1.12. The van der Waals surface area contributed by atoms with Crippen molar-refractivity contribution in [1.29, 1.82) is 0 Å². The number of phenols is 2. The van der Waals surface area contributed by atoms with Gasteiger partial charge in [-0.2, -0.15) is 10.2 Å². The summed E-state index contributed by atoms with van der Waals surface area (Å²) in [6, 6.07) is 37.6. The van der Waals surface area contributed by atoms with Gasteiger partial charge >= 0.3 is 0 Å². The third-order valence-corrected chi connectivity index (χ3v) is 6.56. The Labute approximate surface area is 230 Å². The van der Waals surface area contributed by atoms with Gasteiger partial charge in [-0.15, -0.1) is 10.2 Å². The van der Waals surface area contributed by atoms with Gasteiger partial charge in [-0.05, 0) is 59.7 Å². The van der Waals surface area contributed by atoms with Crippen LogP contribution in [-0.2, 0) is 0 Å². The molecule has 0 atom stereocenters. The Bertz CT molecular complexity index is 1770. The minimum atomic E-state index is 0.229. The molecule has 0 aliphatic heterocycles. The third-order valence-electron chi connectivity index (χ3n) is 6.56. The molecule has 0 aromatic heterocycles. The largest absolute Gasteiger partial charge is 0.507 e. The van der Waals surface area contributed by atoms with Crippen LogP contribution in [-0.4, -0.2) is 10.2 Å². The van der Waals surface area contributed by atoms with Gasteiger partial charge in [-0.25, -0.2) is 0 Å². The molecule has 0 amide bonds. The molecule has 0 saturated heterocycles. The number of phenolic OH excluding ortho intramolecular Hbond substituents is 2. The molecule has 40 heavy (non-hydrogen) atoms. The second-order valence-corrected chi connectivity index (χ2v) is 9.22. The summed E-state index contributed by atoms with van der Waals surface area (Å²) >= 11 is 0. The zero-order valence-corrected chi connectivity index (χ0v) is 21.4. The molecule has 0 fully saturated rings. The quantitative estimate of drug-likeness (QED) is 0.169. The normalized spacial score (nSPS) is 11.9. The van der Waals surface area contributed by atoms with Gasteiger partial charge in [0.15, 0.2) is 0 Å². The highest BCUT2D eigenvalue weighted by atomic mass is 16.3. The van der Waals surface area contributed by atoms with Gasteiger partial charge in [0.2, 0.25) is 0 Å². The van der Waals surface area contributed by atoms with E-state index >= 15 is 0 Å². The van der Waals surface area contributed by atoms with Crippen LogP contribution in [0, 0.1) is 0 Å². The highest BCUT2D eigenvalue weighted by molar-refractivity contribution is 5.97. The highest BCUT2D eigenvalue weighted by Gasteiger charge is 2.05. The topological polar surface area (TPSA) is 89.9 Å². The Morgan fingerprint density at radius 1 is 0.375 bits per heavy atom. The maximum atomic E-state index is 10.1. The fraction of sp³-hybridized carbons (Fsp3) is 0. The SMILES string of the molecule is Oc1ccc(/N=N/c2ccc(/C=C/c3ccc(/N=N/c4ccc(O)c5ccccc45)cc3)cc2)c2ccccc12. The molecular weight excluding hydrogens is 496 g/mol. The first-order valence-corrected chi connectivity index (χ1v) is 12.8. The molecule has 6 nitrogen and oxygen atoms in total. The van der Waals surface area contributed by atoms with Crippen LogP contribution in [0.1, 0.15) is 11.1 Å². The molecule has 0 heterocycles. The third kappa shape index (κ3) is 5.33. The number of hydrogen-bond acceptors (Lipinski definition) is 6. The van der Waals surface area contributed by atoms with E-state index in [1.165, 1.54) is 0 Å². The Morgan fingerprint density at radius 3 is 1.15 bits per heavy atom. The molecule has 0 radical (unpaired) electrons. The first-order chi connectivity index (χ1) is 19.6. The number of rotatable bonds is 6. The molecule has 0 unspecified atom stereocenters. The van der Waals surface area contributed by atoms with Gasteiger partial charge in [0.1, 0.15) is 11.5 Å². The number of aromatic hydroxyl groups is 2. The van der Waals surface area contributed by atoms with Crippen molar-refractivity contribution in [2.45, 2.75) is 0 Å². The molecular formula is C34H24N4O2. The van der Waals surface area contributed by atoms with Gasteiger partial charge in [0, 0.05) is 21.5 Å². The number of azo groups is 2. The number of nitrogens with zero attached hydrogens (tertiary/aromatic N) is 4. The summed E-state index contributed by atoms with van der Waals surface area (Å²) < 4.78 is 0. The van der Waals surface area contributed by atoms with Crippen LogP contribution in [0.3, 0.4) is 0 Å². The van der Waals surface area contributed by atoms with Crippen molar-refractivity contribution >= 4 is 56.4 Å². The summed E-state index contributed by atoms with van der Waals surface area (Å²) in [6.07, 6.45) is 4.07. The molecule has 0 saturated carbocycles. The van der Waals surface area contributed by atoms with E-state index < -0.39 is 0 Å². The van der Waals surface area contributed by atoms with Gasteiger partial charge in [-0.1, -0.05) is 84.9 Å². The minimum Gasteiger partial charge on any atom is -0.507 e. The highest BCUT2D eigenvalue weighted by Crippen LogP contribution is 2.34. The van der Waals surface area contributed by atoms with Crippen LogP contribution in [0.15, 0.2) is 142 Å². The summed E-state index contributed by atoms with van der Waals surface area (Å²) in [5.74, 6) is 0.458. The van der Waals surface area contributed by atoms with E-state index in [-0.39, 0.29) is 11.5 Å². The van der Waals surface area contributed by atoms with E-state index in [1.807, 2.05) is 109 Å². The van der Waals surface area contributed by atoms with Crippen LogP contribution in [0.2, 0.25) is 0 Å². The molecule has 6 aromatic carbocycles. The maximum absolute atomic E-state index is 10.1. The molecule has 0 aliphatic carbocycles. The summed E-state index contributed by atoms with van der Waals surface area (Å²) in [6.45, 7) is 0. The summed E-state index contributed by atoms with van der Waals surface area (Å²) in [5, 5.41) is 40.9. The van der Waals surface area contributed by atoms with Crippen molar-refractivity contribution in [3.63, 3.8) is 0 Å². The molecule has 6 rings (SSSR count). The van der Waals surface area contributed by atoms with Crippen LogP contribution < -0.4 is 0 Å². The monoisotopic (exact) mass is 520 g/mol. The molecule has 0 bridgehead atoms. The lowest BCUT2D eigenvalue weighted by Gasteiger charge is -2.03. The van der Waals surface area contributed by atoms with Crippen LogP contribution in [0.25, 0.3) is 33.7 Å². The van der Waals surface area contributed by atoms with E-state index in [9.17, 15) is 10.2 Å². The molecule has 6 aromatic rings. The van der Waals surface area contributed by atoms with Crippen molar-refractivity contribution < 1.29 is 10.2 Å². The van der Waals surface area contributed by atoms with Gasteiger partial charge in [0.25, 0.3) is 0 Å². The van der Waals surface area contributed by atoms with Crippen LogP contribution in [0.4, 0.5) is 22.7 Å². The second-order valence-electron chi connectivity index (χ2n) is 9.22. The second kappa shape index (κ2) is 11.0. The standard InChI is InChI=1S/C34H24N4O2/c39-33-21-19-31(27-5-1-3-7-29(27)33)37-35-25-15-11-23(12-16-25)9-10-24-13-17-26(18-14-24)36-38-32-20-22-34(40)30-8-4-2-6-28(30)32/h1-22,39-40H/b10-9+,37-35+,38-36+. The van der Waals surface area contributed by atoms with Crippen LogP contribution >= 0.6 is 0 Å². The zero-order chi connectivity index (χ0) is 27.3. The zero-order valence-electron chi connectivity index (χ0n) is 21.4. The van der Waals surface area contributed by atoms with E-state index in [0.29, 0.717) is 11.4 Å². The number of fused-ring (bicyclic) bond motifs is 2. The summed E-state index contributed by atoms with van der Waals surface area (Å²) in [5.41, 5.74) is 4.97. The average molecular weight is 521 g/mol. The first kappa shape index (κ1) is 24.7. The first-order valence-electron chi connectivity index (χ1n) is 12.8. The molecule has 2 N–H and O–H groups in total. The molecule has 0 aliphatic rings. The van der Waals surface area contributed by atoms with Crippen molar-refractivity contribution in [1.82, 2.24) is 0 Å². The van der Waals surface area contributed by atoms with Crippen molar-refractivity contribution in [3.05, 3.63) is 132 Å². The average Bonchev–Trinajstić information content (AvgIpc) is 3.01. The van der Waals surface area contributed by atoms with Gasteiger partial charge in [0.05, 0.1) is 22.7 Å². The van der Waals surface area contributed by atoms with Crippen molar-refractivity contribution in [2.75, 3.05) is 0 Å². The molecule has 6 heteroatoms. The van der Waals surface area contributed by atoms with E-state index in [1.54, 1.807) is 24.3 Å². The van der Waals surface area contributed by atoms with Crippen LogP contribution in [0.5, 0.6) is 11.5 Å². The summed E-state index contributed by atoms with van der Waals surface area (Å²) in [4.78, 5) is 0. The van der Waals surface area contributed by atoms with Gasteiger partial charge < -0.3 is 10.2 Å². The minimum absolute atomic E-state index is 0.229. The molecule has 192 valence electrons. The van der Waals surface area contributed by atoms with Crippen molar-refractivity contribution in [3.8, 4) is 11.5 Å². The number of benzene rings is 6. The Morgan fingerprint density at radius 2 is 0.750 bits per heavy atom. The van der Waals surface area contributed by atoms with E-state index in [4.69, 9.17) is 0 Å². The van der Waals surface area contributed by atoms with E-state index in [2.05, 4.69) is 20.5 Å². The molecule has 0 spiro atoms. The summed E-state index contributed by atoms with van der Waals surface area (Å²) in [7, 11) is 0. The lowest BCUT2D eigenvalue weighted by molar-refractivity contribution is 0.481. The predicted octanol–water partition coefficient (Wildman–Crippen LogP) is 10.4. The fourth-order valence-electron chi connectivity index (χ4n) is 4.43. The lowest BCUT2D eigenvalue weighted by Crippen LogP contribution is -1.75. The smallest absolute Gasteiger partial charge is 0.123 e. The predicted molar refractivity (Wildman–Crippen MR) is 161 cm³/mol. The van der Waals surface area contributed by atoms with Gasteiger partial charge in [-0.3, -0.25) is 0 Å². The van der Waals surface area contributed by atoms with Crippen molar-refractivity contribution in [2.24, 2.45) is 20.5 Å². The lowest BCUT2D eigenvalue weighted by atomic mass is 10.1. The van der Waals surface area contributed by atoms with E-state index in [0.717, 1.165) is 44.0 Å². The Hall–Kier alpha value is -5.62. The maximum Gasteiger partial charge on any atom is 0.123 e. The Kier molecular flexibility index (Phi) is 6.80. The fourth-order valence-corrected chi connectivity index (χ4v) is 4.43.